The molecular weight excluding hydrogens is 274 g/mol. The fourth-order valence-corrected chi connectivity index (χ4v) is 3.17. The molecule has 0 amide bonds. The van der Waals surface area contributed by atoms with E-state index in [0.29, 0.717) is 11.8 Å². The average Bonchev–Trinajstić information content (AvgIpc) is 2.35. The van der Waals surface area contributed by atoms with Gasteiger partial charge in [0.1, 0.15) is 11.6 Å². The fourth-order valence-electron chi connectivity index (χ4n) is 3.17. The summed E-state index contributed by atoms with van der Waals surface area (Å²) < 4.78 is 5.64. The molecule has 122 valence electrons. The number of esters is 1. The number of hydrogen-bond donors (Lipinski definition) is 0. The van der Waals surface area contributed by atoms with Crippen LogP contribution >= 0.6 is 0 Å². The number of rotatable bonds is 5. The second-order valence-corrected chi connectivity index (χ2v) is 7.78. The van der Waals surface area contributed by atoms with E-state index in [-0.39, 0.29) is 12.0 Å². The van der Waals surface area contributed by atoms with E-state index in [9.17, 15) is 4.79 Å². The van der Waals surface area contributed by atoms with E-state index in [1.54, 1.807) is 0 Å². The Labute approximate surface area is 134 Å². The molecule has 0 aromatic heterocycles. The Kier molecular flexibility index (Phi) is 5.28. The zero-order valence-electron chi connectivity index (χ0n) is 14.5. The van der Waals surface area contributed by atoms with Crippen LogP contribution in [-0.4, -0.2) is 29.1 Å². The number of benzene rings is 1. The maximum absolute atomic E-state index is 12.6. The largest absolute Gasteiger partial charge is 0.459 e. The maximum Gasteiger partial charge on any atom is 0.324 e. The van der Waals surface area contributed by atoms with Gasteiger partial charge in [-0.1, -0.05) is 44.2 Å². The molecule has 0 saturated carbocycles. The second-order valence-electron chi connectivity index (χ2n) is 7.78. The van der Waals surface area contributed by atoms with E-state index in [1.807, 2.05) is 39.0 Å². The van der Waals surface area contributed by atoms with Crippen molar-refractivity contribution >= 4 is 5.97 Å². The molecule has 1 saturated heterocycles. The summed E-state index contributed by atoms with van der Waals surface area (Å²) in [7, 11) is 0. The number of likely N-dealkylation sites (tertiary alicyclic amines) is 1. The minimum Gasteiger partial charge on any atom is -0.459 e. The van der Waals surface area contributed by atoms with Gasteiger partial charge in [-0.15, -0.1) is 0 Å². The summed E-state index contributed by atoms with van der Waals surface area (Å²) in [5.41, 5.74) is 0.826. The van der Waals surface area contributed by atoms with Crippen molar-refractivity contribution in [3.63, 3.8) is 0 Å². The lowest BCUT2D eigenvalue weighted by Gasteiger charge is -2.47. The third-order valence-corrected chi connectivity index (χ3v) is 3.96. The van der Waals surface area contributed by atoms with Gasteiger partial charge >= 0.3 is 5.97 Å². The highest BCUT2D eigenvalue weighted by atomic mass is 16.6. The van der Waals surface area contributed by atoms with E-state index in [2.05, 4.69) is 30.9 Å². The minimum atomic E-state index is -0.423. The van der Waals surface area contributed by atoms with Crippen LogP contribution in [0.4, 0.5) is 0 Å². The molecule has 1 aromatic carbocycles. The van der Waals surface area contributed by atoms with Crippen LogP contribution in [0.25, 0.3) is 0 Å². The lowest BCUT2D eigenvalue weighted by molar-refractivity contribution is -0.173. The van der Waals surface area contributed by atoms with Gasteiger partial charge in [-0.3, -0.25) is 9.69 Å². The zero-order valence-corrected chi connectivity index (χ0v) is 14.5. The number of carbonyl (C=O) groups is 1. The lowest BCUT2D eigenvalue weighted by atomic mass is 9.81. The Morgan fingerprint density at radius 3 is 2.45 bits per heavy atom. The standard InChI is InChI=1S/C19H29NO2/c1-14(2)11-16-13-20(12-15-9-7-6-8-10-15)17(16)18(21)22-19(3,4)5/h6-10,14,16-17H,11-13H2,1-5H3/t16-,17+/m0/s1. The van der Waals surface area contributed by atoms with E-state index in [0.717, 1.165) is 19.5 Å². The maximum atomic E-state index is 12.6. The number of ether oxygens (including phenoxy) is 1. The summed E-state index contributed by atoms with van der Waals surface area (Å²) in [6.07, 6.45) is 1.08. The smallest absolute Gasteiger partial charge is 0.324 e. The summed E-state index contributed by atoms with van der Waals surface area (Å²) in [4.78, 5) is 14.8. The summed E-state index contributed by atoms with van der Waals surface area (Å²) in [6, 6.07) is 10.2. The first-order valence-corrected chi connectivity index (χ1v) is 8.27. The van der Waals surface area contributed by atoms with Gasteiger partial charge in [0.15, 0.2) is 0 Å². The molecule has 0 N–H and O–H groups in total. The van der Waals surface area contributed by atoms with Crippen molar-refractivity contribution in [3.05, 3.63) is 35.9 Å². The van der Waals surface area contributed by atoms with Gasteiger partial charge < -0.3 is 4.74 Å². The van der Waals surface area contributed by atoms with Crippen LogP contribution in [0.5, 0.6) is 0 Å². The molecule has 0 bridgehead atoms. The molecule has 1 aromatic rings. The predicted octanol–water partition coefficient (Wildman–Crippen LogP) is 3.87. The highest BCUT2D eigenvalue weighted by molar-refractivity contribution is 5.77. The molecule has 0 aliphatic carbocycles. The zero-order chi connectivity index (χ0) is 16.3. The van der Waals surface area contributed by atoms with Crippen LogP contribution < -0.4 is 0 Å². The normalized spacial score (nSPS) is 22.5. The molecule has 2 rings (SSSR count). The van der Waals surface area contributed by atoms with E-state index in [1.165, 1.54) is 5.56 Å². The number of nitrogens with zero attached hydrogens (tertiary/aromatic N) is 1. The highest BCUT2D eigenvalue weighted by Gasteiger charge is 2.45. The van der Waals surface area contributed by atoms with Crippen LogP contribution in [0.15, 0.2) is 30.3 Å². The van der Waals surface area contributed by atoms with Gasteiger partial charge in [0.2, 0.25) is 0 Å². The van der Waals surface area contributed by atoms with E-state index < -0.39 is 5.60 Å². The highest BCUT2D eigenvalue weighted by Crippen LogP contribution is 2.33. The topological polar surface area (TPSA) is 29.5 Å². The van der Waals surface area contributed by atoms with Crippen molar-refractivity contribution in [1.29, 1.82) is 0 Å². The molecule has 1 fully saturated rings. The van der Waals surface area contributed by atoms with Crippen LogP contribution in [-0.2, 0) is 16.1 Å². The molecule has 3 nitrogen and oxygen atoms in total. The van der Waals surface area contributed by atoms with Gasteiger partial charge in [-0.2, -0.15) is 0 Å². The third-order valence-electron chi connectivity index (χ3n) is 3.96. The Morgan fingerprint density at radius 1 is 1.27 bits per heavy atom. The Balaban J connectivity index is 2.05. The van der Waals surface area contributed by atoms with Crippen molar-refractivity contribution in [2.45, 2.75) is 59.2 Å². The van der Waals surface area contributed by atoms with Gasteiger partial charge in [0.05, 0.1) is 0 Å². The first-order valence-electron chi connectivity index (χ1n) is 8.27. The van der Waals surface area contributed by atoms with Gasteiger partial charge in [0.25, 0.3) is 0 Å². The Bertz CT molecular complexity index is 490. The molecule has 22 heavy (non-hydrogen) atoms. The minimum absolute atomic E-state index is 0.0691. The van der Waals surface area contributed by atoms with Gasteiger partial charge in [0, 0.05) is 13.1 Å². The summed E-state index contributed by atoms with van der Waals surface area (Å²) in [5.74, 6) is 0.952. The van der Waals surface area contributed by atoms with Gasteiger partial charge in [-0.05, 0) is 44.6 Å². The molecule has 0 radical (unpaired) electrons. The summed E-state index contributed by atoms with van der Waals surface area (Å²) in [5, 5.41) is 0. The molecule has 1 aliphatic rings. The summed E-state index contributed by atoms with van der Waals surface area (Å²) >= 11 is 0. The molecular formula is C19H29NO2. The Hall–Kier alpha value is -1.35. The van der Waals surface area contributed by atoms with Crippen LogP contribution in [0.1, 0.15) is 46.6 Å². The van der Waals surface area contributed by atoms with E-state index in [4.69, 9.17) is 4.74 Å². The molecule has 0 spiro atoms. The van der Waals surface area contributed by atoms with Crippen molar-refractivity contribution in [2.75, 3.05) is 6.54 Å². The number of carbonyl (C=O) groups excluding carboxylic acids is 1. The monoisotopic (exact) mass is 303 g/mol. The molecule has 1 heterocycles. The summed E-state index contributed by atoms with van der Waals surface area (Å²) in [6.45, 7) is 12.0. The third kappa shape index (κ3) is 4.57. The predicted molar refractivity (Wildman–Crippen MR) is 89.4 cm³/mol. The molecule has 2 atom stereocenters. The molecule has 0 unspecified atom stereocenters. The molecule has 1 aliphatic heterocycles. The quantitative estimate of drug-likeness (QED) is 0.773. The van der Waals surface area contributed by atoms with Crippen LogP contribution in [0.3, 0.4) is 0 Å². The number of hydrogen-bond acceptors (Lipinski definition) is 3. The Morgan fingerprint density at radius 2 is 1.91 bits per heavy atom. The SMILES string of the molecule is CC(C)C[C@H]1CN(Cc2ccccc2)[C@H]1C(=O)OC(C)(C)C. The second kappa shape index (κ2) is 6.82. The lowest BCUT2D eigenvalue weighted by Crippen LogP contribution is -2.60. The van der Waals surface area contributed by atoms with Crippen molar-refractivity contribution in [2.24, 2.45) is 11.8 Å². The average molecular weight is 303 g/mol. The van der Waals surface area contributed by atoms with E-state index >= 15 is 0 Å². The first-order chi connectivity index (χ1) is 10.3. The van der Waals surface area contributed by atoms with Gasteiger partial charge in [-0.25, -0.2) is 0 Å². The van der Waals surface area contributed by atoms with Crippen molar-refractivity contribution in [3.8, 4) is 0 Å². The fraction of sp³-hybridized carbons (Fsp3) is 0.632. The van der Waals surface area contributed by atoms with Crippen molar-refractivity contribution in [1.82, 2.24) is 4.90 Å². The first kappa shape index (κ1) is 17.0. The van der Waals surface area contributed by atoms with Crippen molar-refractivity contribution < 1.29 is 9.53 Å². The van der Waals surface area contributed by atoms with Crippen LogP contribution in [0, 0.1) is 11.8 Å². The molecule has 3 heteroatoms. The van der Waals surface area contributed by atoms with Crippen LogP contribution in [0.2, 0.25) is 0 Å².